The van der Waals surface area contributed by atoms with Gasteiger partial charge in [0.1, 0.15) is 0 Å². The first-order chi connectivity index (χ1) is 11.1. The smallest absolute Gasteiger partial charge is 0.254 e. The van der Waals surface area contributed by atoms with E-state index in [1.165, 1.54) is 12.3 Å². The van der Waals surface area contributed by atoms with Crippen molar-refractivity contribution in [1.82, 2.24) is 9.88 Å². The first-order valence-corrected chi connectivity index (χ1v) is 7.80. The Morgan fingerprint density at radius 3 is 2.74 bits per heavy atom. The molecule has 120 valence electrons. The van der Waals surface area contributed by atoms with E-state index in [2.05, 4.69) is 4.98 Å². The number of benzene rings is 1. The lowest BCUT2D eigenvalue weighted by molar-refractivity contribution is 0.0412. The van der Waals surface area contributed by atoms with Crippen LogP contribution in [-0.4, -0.2) is 39.6 Å². The van der Waals surface area contributed by atoms with E-state index in [0.29, 0.717) is 18.5 Å². The highest BCUT2D eigenvalue weighted by molar-refractivity contribution is 5.94. The Morgan fingerprint density at radius 2 is 2.04 bits per heavy atom. The van der Waals surface area contributed by atoms with Gasteiger partial charge in [-0.05, 0) is 30.9 Å². The maximum absolute atomic E-state index is 12.8. The summed E-state index contributed by atoms with van der Waals surface area (Å²) in [5.41, 5.74) is 0.558. The second-order valence-electron chi connectivity index (χ2n) is 6.05. The van der Waals surface area contributed by atoms with Crippen LogP contribution >= 0.6 is 0 Å². The van der Waals surface area contributed by atoms with Gasteiger partial charge in [0.05, 0.1) is 12.1 Å². The summed E-state index contributed by atoms with van der Waals surface area (Å²) in [7, 11) is 0. The Bertz CT molecular complexity index is 741. The molecular weight excluding hydrogens is 292 g/mol. The number of carbonyl (C=O) groups is 1. The van der Waals surface area contributed by atoms with E-state index in [4.69, 9.17) is 0 Å². The summed E-state index contributed by atoms with van der Waals surface area (Å²) in [6.45, 7) is 0.510. The molecule has 2 aromatic rings. The highest BCUT2D eigenvalue weighted by Gasteiger charge is 2.43. The molecular formula is C18H20N2O3. The molecule has 1 aromatic heterocycles. The average molecular weight is 312 g/mol. The van der Waals surface area contributed by atoms with Crippen molar-refractivity contribution in [2.24, 2.45) is 0 Å². The molecule has 23 heavy (non-hydrogen) atoms. The predicted molar refractivity (Wildman–Crippen MR) is 87.3 cm³/mol. The third kappa shape index (κ3) is 3.05. The minimum absolute atomic E-state index is 0.0865. The minimum atomic E-state index is -0.596. The Balaban J connectivity index is 1.90. The third-order valence-corrected chi connectivity index (χ3v) is 4.53. The summed E-state index contributed by atoms with van der Waals surface area (Å²) in [5, 5.41) is 10.0. The van der Waals surface area contributed by atoms with Gasteiger partial charge in [0.2, 0.25) is 5.56 Å². The SMILES string of the molecule is O=C(c1cc[nH]c(=O)c1)N1CCCC1(CO)Cc1ccccc1. The first kappa shape index (κ1) is 15.5. The fraction of sp³-hybridized carbons (Fsp3) is 0.333. The predicted octanol–water partition coefficient (Wildman–Crippen LogP) is 1.58. The van der Waals surface area contributed by atoms with Crippen LogP contribution in [0.4, 0.5) is 0 Å². The van der Waals surface area contributed by atoms with Crippen molar-refractivity contribution in [3.63, 3.8) is 0 Å². The Kier molecular flexibility index (Phi) is 4.30. The average Bonchev–Trinajstić information content (AvgIpc) is 2.99. The molecule has 1 aliphatic heterocycles. The molecule has 0 aliphatic carbocycles. The van der Waals surface area contributed by atoms with E-state index in [-0.39, 0.29) is 18.1 Å². The number of amides is 1. The van der Waals surface area contributed by atoms with Gasteiger partial charge in [-0.15, -0.1) is 0 Å². The number of likely N-dealkylation sites (tertiary alicyclic amines) is 1. The summed E-state index contributed by atoms with van der Waals surface area (Å²) in [6, 6.07) is 12.8. The van der Waals surface area contributed by atoms with Gasteiger partial charge in [-0.25, -0.2) is 0 Å². The zero-order chi connectivity index (χ0) is 16.3. The summed E-state index contributed by atoms with van der Waals surface area (Å²) in [6.07, 6.45) is 3.69. The minimum Gasteiger partial charge on any atom is -0.394 e. The van der Waals surface area contributed by atoms with E-state index < -0.39 is 5.54 Å². The lowest BCUT2D eigenvalue weighted by Crippen LogP contribution is -2.51. The molecule has 0 spiro atoms. The molecule has 3 rings (SSSR count). The first-order valence-electron chi connectivity index (χ1n) is 7.80. The number of pyridine rings is 1. The number of nitrogens with one attached hydrogen (secondary N) is 1. The van der Waals surface area contributed by atoms with E-state index in [1.807, 2.05) is 30.3 Å². The standard InChI is InChI=1S/C18H20N2O3/c21-13-18(12-14-5-2-1-3-6-14)8-4-10-20(18)17(23)15-7-9-19-16(22)11-15/h1-3,5-7,9,11,21H,4,8,10,12-13H2,(H,19,22). The van der Waals surface area contributed by atoms with Crippen LogP contribution in [-0.2, 0) is 6.42 Å². The number of aliphatic hydroxyl groups excluding tert-OH is 1. The van der Waals surface area contributed by atoms with Crippen LogP contribution in [0.5, 0.6) is 0 Å². The number of hydrogen-bond donors (Lipinski definition) is 2. The van der Waals surface area contributed by atoms with Crippen molar-refractivity contribution in [1.29, 1.82) is 0 Å². The van der Waals surface area contributed by atoms with Crippen molar-refractivity contribution in [3.8, 4) is 0 Å². The Labute approximate surface area is 134 Å². The number of aromatic amines is 1. The van der Waals surface area contributed by atoms with Gasteiger partial charge in [0, 0.05) is 24.4 Å². The molecule has 5 heteroatoms. The summed E-state index contributed by atoms with van der Waals surface area (Å²) < 4.78 is 0. The Hall–Kier alpha value is -2.40. The molecule has 0 bridgehead atoms. The van der Waals surface area contributed by atoms with Gasteiger partial charge >= 0.3 is 0 Å². The second kappa shape index (κ2) is 6.38. The molecule has 1 unspecified atom stereocenters. The summed E-state index contributed by atoms with van der Waals surface area (Å²) in [5.74, 6) is -0.196. The zero-order valence-corrected chi connectivity index (χ0v) is 12.9. The van der Waals surface area contributed by atoms with Gasteiger partial charge in [0.25, 0.3) is 5.91 Å². The van der Waals surface area contributed by atoms with Crippen molar-refractivity contribution >= 4 is 5.91 Å². The third-order valence-electron chi connectivity index (χ3n) is 4.53. The van der Waals surface area contributed by atoms with Gasteiger partial charge in [-0.3, -0.25) is 9.59 Å². The highest BCUT2D eigenvalue weighted by atomic mass is 16.3. The maximum Gasteiger partial charge on any atom is 0.254 e. The lowest BCUT2D eigenvalue weighted by atomic mass is 9.88. The van der Waals surface area contributed by atoms with Crippen molar-refractivity contribution in [3.05, 3.63) is 70.1 Å². The van der Waals surface area contributed by atoms with Crippen LogP contribution in [0.15, 0.2) is 53.5 Å². The zero-order valence-electron chi connectivity index (χ0n) is 12.9. The molecule has 2 heterocycles. The second-order valence-corrected chi connectivity index (χ2v) is 6.05. The molecule has 1 fully saturated rings. The molecule has 1 aliphatic rings. The highest BCUT2D eigenvalue weighted by Crippen LogP contribution is 2.33. The van der Waals surface area contributed by atoms with Gasteiger partial charge in [0.15, 0.2) is 0 Å². The van der Waals surface area contributed by atoms with E-state index >= 15 is 0 Å². The number of aromatic nitrogens is 1. The molecule has 1 amide bonds. The lowest BCUT2D eigenvalue weighted by Gasteiger charge is -2.37. The van der Waals surface area contributed by atoms with Gasteiger partial charge < -0.3 is 15.0 Å². The van der Waals surface area contributed by atoms with Crippen molar-refractivity contribution in [2.75, 3.05) is 13.2 Å². The molecule has 1 atom stereocenters. The number of nitrogens with zero attached hydrogens (tertiary/aromatic N) is 1. The van der Waals surface area contributed by atoms with Gasteiger partial charge in [-0.1, -0.05) is 30.3 Å². The van der Waals surface area contributed by atoms with Crippen LogP contribution in [0, 0.1) is 0 Å². The van der Waals surface area contributed by atoms with Crippen LogP contribution in [0.25, 0.3) is 0 Å². The fourth-order valence-corrected chi connectivity index (χ4v) is 3.37. The normalized spacial score (nSPS) is 20.7. The molecule has 1 aromatic carbocycles. The van der Waals surface area contributed by atoms with Gasteiger partial charge in [-0.2, -0.15) is 0 Å². The van der Waals surface area contributed by atoms with E-state index in [0.717, 1.165) is 18.4 Å². The topological polar surface area (TPSA) is 73.4 Å². The quantitative estimate of drug-likeness (QED) is 0.900. The summed E-state index contributed by atoms with van der Waals surface area (Å²) in [4.78, 5) is 28.5. The van der Waals surface area contributed by atoms with Crippen molar-refractivity contribution in [2.45, 2.75) is 24.8 Å². The van der Waals surface area contributed by atoms with Crippen LogP contribution in [0.2, 0.25) is 0 Å². The number of hydrogen-bond acceptors (Lipinski definition) is 3. The maximum atomic E-state index is 12.8. The number of aliphatic hydroxyl groups is 1. The number of carbonyl (C=O) groups excluding carboxylic acids is 1. The molecule has 5 nitrogen and oxygen atoms in total. The molecule has 2 N–H and O–H groups in total. The number of H-pyrrole nitrogens is 1. The fourth-order valence-electron chi connectivity index (χ4n) is 3.37. The van der Waals surface area contributed by atoms with E-state index in [1.54, 1.807) is 11.0 Å². The molecule has 0 saturated carbocycles. The largest absolute Gasteiger partial charge is 0.394 e. The molecule has 0 radical (unpaired) electrons. The monoisotopic (exact) mass is 312 g/mol. The van der Waals surface area contributed by atoms with Crippen LogP contribution in [0.1, 0.15) is 28.8 Å². The van der Waals surface area contributed by atoms with Crippen molar-refractivity contribution < 1.29 is 9.90 Å². The molecule has 1 saturated heterocycles. The number of rotatable bonds is 4. The Morgan fingerprint density at radius 1 is 1.26 bits per heavy atom. The van der Waals surface area contributed by atoms with Crippen LogP contribution < -0.4 is 5.56 Å². The summed E-state index contributed by atoms with van der Waals surface area (Å²) >= 11 is 0. The van der Waals surface area contributed by atoms with Crippen LogP contribution in [0.3, 0.4) is 0 Å². The van der Waals surface area contributed by atoms with E-state index in [9.17, 15) is 14.7 Å².